The average molecular weight is 315 g/mol. The topological polar surface area (TPSA) is 6.48 Å². The maximum atomic E-state index is 2.67. The Kier molecular flexibility index (Phi) is 5.99. The van der Waals surface area contributed by atoms with Crippen LogP contribution in [0.2, 0.25) is 0 Å². The summed E-state index contributed by atoms with van der Waals surface area (Å²) in [6.07, 6.45) is 8.36. The molecule has 1 aliphatic carbocycles. The maximum absolute atomic E-state index is 2.67. The minimum Gasteiger partial charge on any atom is -0.371 e. The zero-order valence-corrected chi connectivity index (χ0v) is 15.1. The molecular weight excluding hydrogens is 280 g/mol. The van der Waals surface area contributed by atoms with Crippen molar-refractivity contribution < 1.29 is 0 Å². The molecule has 0 radical (unpaired) electrons. The summed E-state index contributed by atoms with van der Waals surface area (Å²) in [5.74, 6) is 1.77. The summed E-state index contributed by atoms with van der Waals surface area (Å²) < 4.78 is 0. The van der Waals surface area contributed by atoms with E-state index >= 15 is 0 Å². The van der Waals surface area contributed by atoms with Crippen LogP contribution in [-0.4, -0.2) is 37.6 Å². The van der Waals surface area contributed by atoms with Gasteiger partial charge in [-0.05, 0) is 75.2 Å². The fraction of sp³-hybridized carbons (Fsp3) is 0.714. The Morgan fingerprint density at radius 1 is 1.00 bits per heavy atom. The van der Waals surface area contributed by atoms with Crippen molar-refractivity contribution in [2.45, 2.75) is 58.3 Å². The lowest BCUT2D eigenvalue weighted by Gasteiger charge is -2.37. The van der Waals surface area contributed by atoms with Crippen LogP contribution in [-0.2, 0) is 0 Å². The van der Waals surface area contributed by atoms with Crippen molar-refractivity contribution in [2.75, 3.05) is 37.6 Å². The lowest BCUT2D eigenvalue weighted by Crippen LogP contribution is -2.36. The Morgan fingerprint density at radius 2 is 1.70 bits per heavy atom. The Morgan fingerprint density at radius 3 is 2.30 bits per heavy atom. The molecule has 128 valence electrons. The molecule has 1 saturated heterocycles. The quantitative estimate of drug-likeness (QED) is 0.706. The molecule has 3 rings (SSSR count). The Balaban J connectivity index is 1.53. The van der Waals surface area contributed by atoms with E-state index in [1.807, 2.05) is 0 Å². The van der Waals surface area contributed by atoms with Crippen LogP contribution in [0.3, 0.4) is 0 Å². The lowest BCUT2D eigenvalue weighted by molar-refractivity contribution is 0.259. The highest BCUT2D eigenvalue weighted by Gasteiger charge is 2.26. The van der Waals surface area contributed by atoms with Gasteiger partial charge in [0.15, 0.2) is 0 Å². The second-order valence-electron chi connectivity index (χ2n) is 7.43. The van der Waals surface area contributed by atoms with Crippen molar-refractivity contribution in [3.63, 3.8) is 0 Å². The lowest BCUT2D eigenvalue weighted by atomic mass is 9.79. The molecule has 1 aromatic carbocycles. The largest absolute Gasteiger partial charge is 0.371 e. The molecular formula is C21H34N2. The van der Waals surface area contributed by atoms with Crippen molar-refractivity contribution in [1.82, 2.24) is 4.90 Å². The smallest absolute Gasteiger partial charge is 0.0401 e. The van der Waals surface area contributed by atoms with Crippen LogP contribution in [0.4, 0.5) is 5.69 Å². The van der Waals surface area contributed by atoms with Gasteiger partial charge in [0.05, 0.1) is 0 Å². The summed E-state index contributed by atoms with van der Waals surface area (Å²) in [6, 6.07) is 9.20. The van der Waals surface area contributed by atoms with Gasteiger partial charge in [0.2, 0.25) is 0 Å². The number of benzene rings is 1. The number of rotatable bonds is 7. The number of piperidine rings is 1. The molecule has 2 nitrogen and oxygen atoms in total. The number of hydrogen-bond acceptors (Lipinski definition) is 2. The summed E-state index contributed by atoms with van der Waals surface area (Å²) in [7, 11) is 0. The predicted octanol–water partition coefficient (Wildman–Crippen LogP) is 4.90. The second kappa shape index (κ2) is 8.19. The van der Waals surface area contributed by atoms with Gasteiger partial charge in [-0.15, -0.1) is 0 Å². The molecule has 1 aromatic rings. The summed E-state index contributed by atoms with van der Waals surface area (Å²) in [5, 5.41) is 0. The van der Waals surface area contributed by atoms with Gasteiger partial charge in [-0.25, -0.2) is 0 Å². The first kappa shape index (κ1) is 16.8. The monoisotopic (exact) mass is 314 g/mol. The van der Waals surface area contributed by atoms with Crippen LogP contribution in [0.1, 0.15) is 63.9 Å². The fourth-order valence-corrected chi connectivity index (χ4v) is 4.21. The van der Waals surface area contributed by atoms with E-state index in [9.17, 15) is 0 Å². The second-order valence-corrected chi connectivity index (χ2v) is 7.43. The van der Waals surface area contributed by atoms with Crippen molar-refractivity contribution in [1.29, 1.82) is 0 Å². The third-order valence-electron chi connectivity index (χ3n) is 6.18. The van der Waals surface area contributed by atoms with Gasteiger partial charge in [-0.3, -0.25) is 0 Å². The molecule has 2 aliphatic rings. The number of para-hydroxylation sites is 1. The number of nitrogens with zero attached hydrogens (tertiary/aromatic N) is 2. The highest BCUT2D eigenvalue weighted by Crippen LogP contribution is 2.41. The highest BCUT2D eigenvalue weighted by molar-refractivity contribution is 5.56. The Labute approximate surface area is 142 Å². The first-order valence-electron chi connectivity index (χ1n) is 9.88. The minimum absolute atomic E-state index is 0.839. The van der Waals surface area contributed by atoms with Gasteiger partial charge < -0.3 is 9.80 Å². The van der Waals surface area contributed by atoms with E-state index in [4.69, 9.17) is 0 Å². The van der Waals surface area contributed by atoms with Crippen molar-refractivity contribution in [2.24, 2.45) is 5.92 Å². The molecule has 0 spiro atoms. The van der Waals surface area contributed by atoms with Gasteiger partial charge in [-0.1, -0.05) is 38.5 Å². The molecule has 0 unspecified atom stereocenters. The van der Waals surface area contributed by atoms with Gasteiger partial charge in [0.25, 0.3) is 0 Å². The third kappa shape index (κ3) is 4.09. The molecule has 2 heteroatoms. The van der Waals surface area contributed by atoms with E-state index in [1.165, 1.54) is 71.2 Å². The summed E-state index contributed by atoms with van der Waals surface area (Å²) >= 11 is 0. The summed E-state index contributed by atoms with van der Waals surface area (Å²) in [4.78, 5) is 5.24. The SMILES string of the molecule is CCN(CC)CCC1CCN(c2ccccc2C2CCC2)CC1. The molecule has 23 heavy (non-hydrogen) atoms. The summed E-state index contributed by atoms with van der Waals surface area (Å²) in [6.45, 7) is 10.8. The van der Waals surface area contributed by atoms with Gasteiger partial charge >= 0.3 is 0 Å². The van der Waals surface area contributed by atoms with Crippen molar-refractivity contribution in [3.8, 4) is 0 Å². The van der Waals surface area contributed by atoms with Gasteiger partial charge in [-0.2, -0.15) is 0 Å². The highest BCUT2D eigenvalue weighted by atomic mass is 15.1. The van der Waals surface area contributed by atoms with E-state index in [1.54, 1.807) is 11.3 Å². The van der Waals surface area contributed by atoms with E-state index in [2.05, 4.69) is 47.9 Å². The number of hydrogen-bond donors (Lipinski definition) is 0. The average Bonchev–Trinajstić information content (AvgIpc) is 2.55. The van der Waals surface area contributed by atoms with E-state index < -0.39 is 0 Å². The van der Waals surface area contributed by atoms with Crippen LogP contribution < -0.4 is 4.90 Å². The van der Waals surface area contributed by atoms with E-state index in [0.29, 0.717) is 0 Å². The maximum Gasteiger partial charge on any atom is 0.0401 e. The first-order chi connectivity index (χ1) is 11.3. The van der Waals surface area contributed by atoms with Crippen LogP contribution in [0, 0.1) is 5.92 Å². The molecule has 2 fully saturated rings. The first-order valence-corrected chi connectivity index (χ1v) is 9.88. The molecule has 1 saturated carbocycles. The molecule has 0 amide bonds. The van der Waals surface area contributed by atoms with Crippen molar-refractivity contribution in [3.05, 3.63) is 29.8 Å². The molecule has 1 aliphatic heterocycles. The molecule has 1 heterocycles. The summed E-state index contributed by atoms with van der Waals surface area (Å²) in [5.41, 5.74) is 3.17. The molecule has 0 aromatic heterocycles. The molecule has 0 bridgehead atoms. The van der Waals surface area contributed by atoms with E-state index in [-0.39, 0.29) is 0 Å². The molecule has 0 atom stereocenters. The predicted molar refractivity (Wildman–Crippen MR) is 100 cm³/mol. The number of anilines is 1. The van der Waals surface area contributed by atoms with Crippen LogP contribution in [0.15, 0.2) is 24.3 Å². The van der Waals surface area contributed by atoms with Crippen molar-refractivity contribution >= 4 is 5.69 Å². The van der Waals surface area contributed by atoms with E-state index in [0.717, 1.165) is 11.8 Å². The zero-order valence-electron chi connectivity index (χ0n) is 15.1. The fourth-order valence-electron chi connectivity index (χ4n) is 4.21. The Hall–Kier alpha value is -1.02. The minimum atomic E-state index is 0.839. The van der Waals surface area contributed by atoms with Gasteiger partial charge in [0, 0.05) is 18.8 Å². The standard InChI is InChI=1S/C21H34N2/c1-3-22(4-2)15-12-18-13-16-23(17-14-18)21-11-6-5-10-20(21)19-8-7-9-19/h5-6,10-11,18-19H,3-4,7-9,12-17H2,1-2H3. The van der Waals surface area contributed by atoms with Crippen LogP contribution in [0.5, 0.6) is 0 Å². The Bertz CT molecular complexity index is 468. The third-order valence-corrected chi connectivity index (χ3v) is 6.18. The zero-order chi connectivity index (χ0) is 16.1. The van der Waals surface area contributed by atoms with Crippen LogP contribution in [0.25, 0.3) is 0 Å². The molecule has 0 N–H and O–H groups in total. The van der Waals surface area contributed by atoms with Gasteiger partial charge in [0.1, 0.15) is 0 Å². The normalized spacial score (nSPS) is 20.0. The van der Waals surface area contributed by atoms with Crippen LogP contribution >= 0.6 is 0 Å².